The second-order valence-electron chi connectivity index (χ2n) is 5.71. The molecule has 0 aliphatic rings. The molecule has 0 bridgehead atoms. The molecule has 6 nitrogen and oxygen atoms in total. The number of ether oxygens (including phenoxy) is 2. The van der Waals surface area contributed by atoms with Crippen molar-refractivity contribution in [3.05, 3.63) is 64.1 Å². The molecule has 142 valence electrons. The second kappa shape index (κ2) is 9.78. The molecule has 2 rings (SSSR count). The van der Waals surface area contributed by atoms with Crippen molar-refractivity contribution in [3.8, 4) is 11.5 Å². The predicted molar refractivity (Wildman–Crippen MR) is 106 cm³/mol. The number of halogens is 1. The first-order chi connectivity index (χ1) is 12.9. The lowest BCUT2D eigenvalue weighted by atomic mass is 10.1. The Kier molecular flexibility index (Phi) is 7.43. The van der Waals surface area contributed by atoms with Gasteiger partial charge in [-0.05, 0) is 52.2 Å². The van der Waals surface area contributed by atoms with Crippen LogP contribution in [0.25, 0.3) is 6.08 Å². The maximum absolute atomic E-state index is 11.8. The van der Waals surface area contributed by atoms with Crippen molar-refractivity contribution in [3.63, 3.8) is 0 Å². The fourth-order valence-corrected chi connectivity index (χ4v) is 2.78. The lowest BCUT2D eigenvalue weighted by Gasteiger charge is -2.13. The summed E-state index contributed by atoms with van der Waals surface area (Å²) in [6, 6.07) is 12.3. The lowest BCUT2D eigenvalue weighted by molar-refractivity contribution is -0.140. The molecule has 0 aliphatic carbocycles. The molecule has 0 spiro atoms. The number of hydrogen-bond acceptors (Lipinski definition) is 4. The van der Waals surface area contributed by atoms with Gasteiger partial charge < -0.3 is 19.9 Å². The molecular weight excluding hydrogens is 414 g/mol. The fourth-order valence-electron chi connectivity index (χ4n) is 2.20. The number of carbonyl (C=O) groups excluding carboxylic acids is 1. The third-order valence-electron chi connectivity index (χ3n) is 3.63. The summed E-state index contributed by atoms with van der Waals surface area (Å²) in [5.74, 6) is -0.521. The Morgan fingerprint density at radius 2 is 1.96 bits per heavy atom. The molecule has 0 saturated heterocycles. The fraction of sp³-hybridized carbons (Fsp3) is 0.200. The Morgan fingerprint density at radius 3 is 2.59 bits per heavy atom. The minimum absolute atomic E-state index is 0.389. The third kappa shape index (κ3) is 6.14. The van der Waals surface area contributed by atoms with E-state index in [1.807, 2.05) is 30.3 Å². The number of hydrogen-bond donors (Lipinski definition) is 2. The zero-order chi connectivity index (χ0) is 19.8. The molecule has 0 aromatic heterocycles. The van der Waals surface area contributed by atoms with Gasteiger partial charge in [0.2, 0.25) is 5.91 Å². The zero-order valence-electron chi connectivity index (χ0n) is 14.9. The van der Waals surface area contributed by atoms with Gasteiger partial charge in [-0.2, -0.15) is 0 Å². The van der Waals surface area contributed by atoms with Crippen LogP contribution in [0.5, 0.6) is 11.5 Å². The van der Waals surface area contributed by atoms with E-state index in [1.165, 1.54) is 20.1 Å². The van der Waals surface area contributed by atoms with E-state index >= 15 is 0 Å². The van der Waals surface area contributed by atoms with Crippen LogP contribution < -0.4 is 14.8 Å². The number of rotatable bonds is 8. The van der Waals surface area contributed by atoms with Crippen molar-refractivity contribution in [2.75, 3.05) is 7.11 Å². The minimum Gasteiger partial charge on any atom is -0.493 e. The summed E-state index contributed by atoms with van der Waals surface area (Å²) in [7, 11) is 1.53. The van der Waals surface area contributed by atoms with Crippen LogP contribution in [0.1, 0.15) is 18.1 Å². The molecule has 0 fully saturated rings. The van der Waals surface area contributed by atoms with E-state index in [9.17, 15) is 9.59 Å². The Morgan fingerprint density at radius 1 is 1.26 bits per heavy atom. The van der Waals surface area contributed by atoms with Gasteiger partial charge in [-0.3, -0.25) is 9.59 Å². The molecule has 2 N–H and O–H groups in total. The Balaban J connectivity index is 2.11. The van der Waals surface area contributed by atoms with Crippen molar-refractivity contribution in [1.82, 2.24) is 5.32 Å². The summed E-state index contributed by atoms with van der Waals surface area (Å²) in [6.45, 7) is 1.78. The number of aliphatic carboxylic acids is 1. The van der Waals surface area contributed by atoms with E-state index < -0.39 is 17.9 Å². The zero-order valence-corrected chi connectivity index (χ0v) is 16.5. The molecule has 27 heavy (non-hydrogen) atoms. The highest BCUT2D eigenvalue weighted by molar-refractivity contribution is 9.10. The van der Waals surface area contributed by atoms with Crippen LogP contribution in [-0.4, -0.2) is 30.1 Å². The molecule has 1 atom stereocenters. The third-order valence-corrected chi connectivity index (χ3v) is 4.22. The molecule has 2 aromatic rings. The number of methoxy groups -OCH3 is 1. The number of carboxylic acids is 1. The first kappa shape index (κ1) is 20.5. The molecule has 2 aromatic carbocycles. The SMILES string of the molecule is COc1cc(/C=C/C(=O)N[C@@H](C)C(=O)O)cc(Br)c1OCc1ccccc1. The van der Waals surface area contributed by atoms with E-state index in [-0.39, 0.29) is 0 Å². The topological polar surface area (TPSA) is 84.9 Å². The standard InChI is InChI=1S/C20H20BrNO5/c1-13(20(24)25)22-18(23)9-8-15-10-16(21)19(17(11-15)26-2)27-12-14-6-4-3-5-7-14/h3-11,13H,12H2,1-2H3,(H,22,23)(H,24,25)/b9-8+/t13-/m0/s1. The highest BCUT2D eigenvalue weighted by Gasteiger charge is 2.13. The minimum atomic E-state index is -1.10. The van der Waals surface area contributed by atoms with Crippen LogP contribution in [0.4, 0.5) is 0 Å². The van der Waals surface area contributed by atoms with Crippen LogP contribution in [-0.2, 0) is 16.2 Å². The van der Waals surface area contributed by atoms with Gasteiger partial charge in [-0.15, -0.1) is 0 Å². The Labute approximate surface area is 165 Å². The van der Waals surface area contributed by atoms with Gasteiger partial charge in [0.1, 0.15) is 12.6 Å². The number of amides is 1. The van der Waals surface area contributed by atoms with Crippen LogP contribution >= 0.6 is 15.9 Å². The number of carbonyl (C=O) groups is 2. The molecule has 1 amide bonds. The average Bonchev–Trinajstić information content (AvgIpc) is 2.65. The quantitative estimate of drug-likeness (QED) is 0.620. The summed E-state index contributed by atoms with van der Waals surface area (Å²) >= 11 is 3.46. The van der Waals surface area contributed by atoms with E-state index in [1.54, 1.807) is 18.2 Å². The van der Waals surface area contributed by atoms with Crippen LogP contribution in [0.2, 0.25) is 0 Å². The van der Waals surface area contributed by atoms with E-state index in [4.69, 9.17) is 14.6 Å². The number of nitrogens with one attached hydrogen (secondary N) is 1. The number of carboxylic acid groups (broad SMARTS) is 1. The molecular formula is C20H20BrNO5. The van der Waals surface area contributed by atoms with E-state index in [0.29, 0.717) is 28.1 Å². The van der Waals surface area contributed by atoms with Crippen LogP contribution in [0.15, 0.2) is 53.0 Å². The lowest BCUT2D eigenvalue weighted by Crippen LogP contribution is -2.37. The largest absolute Gasteiger partial charge is 0.493 e. The van der Waals surface area contributed by atoms with E-state index in [0.717, 1.165) is 5.56 Å². The summed E-state index contributed by atoms with van der Waals surface area (Å²) < 4.78 is 11.9. The molecule has 0 saturated carbocycles. The van der Waals surface area contributed by atoms with E-state index in [2.05, 4.69) is 21.2 Å². The normalized spacial score (nSPS) is 11.8. The van der Waals surface area contributed by atoms with Gasteiger partial charge in [-0.1, -0.05) is 30.3 Å². The van der Waals surface area contributed by atoms with Crippen molar-refractivity contribution in [2.24, 2.45) is 0 Å². The van der Waals surface area contributed by atoms with Gasteiger partial charge in [-0.25, -0.2) is 0 Å². The van der Waals surface area contributed by atoms with Gasteiger partial charge in [0.15, 0.2) is 11.5 Å². The predicted octanol–water partition coefficient (Wildman–Crippen LogP) is 3.64. The molecule has 0 heterocycles. The van der Waals surface area contributed by atoms with Crippen molar-refractivity contribution >= 4 is 33.9 Å². The summed E-state index contributed by atoms with van der Waals surface area (Å²) in [5, 5.41) is 11.2. The van der Waals surface area contributed by atoms with Crippen LogP contribution in [0.3, 0.4) is 0 Å². The first-order valence-electron chi connectivity index (χ1n) is 8.16. The maximum Gasteiger partial charge on any atom is 0.325 e. The Bertz CT molecular complexity index is 836. The summed E-state index contributed by atoms with van der Waals surface area (Å²) in [4.78, 5) is 22.5. The molecule has 0 unspecified atom stereocenters. The first-order valence-corrected chi connectivity index (χ1v) is 8.95. The van der Waals surface area contributed by atoms with Crippen molar-refractivity contribution in [2.45, 2.75) is 19.6 Å². The maximum atomic E-state index is 11.8. The smallest absolute Gasteiger partial charge is 0.325 e. The average molecular weight is 434 g/mol. The van der Waals surface area contributed by atoms with Crippen molar-refractivity contribution < 1.29 is 24.2 Å². The van der Waals surface area contributed by atoms with Gasteiger partial charge >= 0.3 is 5.97 Å². The van der Waals surface area contributed by atoms with Crippen molar-refractivity contribution in [1.29, 1.82) is 0 Å². The monoisotopic (exact) mass is 433 g/mol. The van der Waals surface area contributed by atoms with Crippen LogP contribution in [0, 0.1) is 0 Å². The van der Waals surface area contributed by atoms with Gasteiger partial charge in [0.05, 0.1) is 11.6 Å². The molecule has 7 heteroatoms. The van der Waals surface area contributed by atoms with Gasteiger partial charge in [0, 0.05) is 6.08 Å². The second-order valence-corrected chi connectivity index (χ2v) is 6.56. The van der Waals surface area contributed by atoms with Gasteiger partial charge in [0.25, 0.3) is 0 Å². The highest BCUT2D eigenvalue weighted by Crippen LogP contribution is 2.37. The Hall–Kier alpha value is -2.80. The molecule has 0 radical (unpaired) electrons. The number of benzene rings is 2. The molecule has 0 aliphatic heterocycles. The summed E-state index contributed by atoms with van der Waals surface area (Å²) in [5.41, 5.74) is 1.73. The summed E-state index contributed by atoms with van der Waals surface area (Å²) in [6.07, 6.45) is 2.84. The highest BCUT2D eigenvalue weighted by atomic mass is 79.9.